The largest absolute Gasteiger partial charge is 0.425 e. The molecule has 17 heavy (non-hydrogen) atoms. The molecule has 0 bridgehead atoms. The highest BCUT2D eigenvalue weighted by Gasteiger charge is 2.13. The van der Waals surface area contributed by atoms with E-state index in [1.807, 2.05) is 14.1 Å². The van der Waals surface area contributed by atoms with Crippen molar-refractivity contribution in [3.05, 3.63) is 0 Å². The zero-order valence-electron chi connectivity index (χ0n) is 9.18. The van der Waals surface area contributed by atoms with Crippen molar-refractivity contribution in [1.82, 2.24) is 4.90 Å². The van der Waals surface area contributed by atoms with Gasteiger partial charge in [0.25, 0.3) is 0 Å². The molecule has 106 valence electrons. The van der Waals surface area contributed by atoms with Crippen molar-refractivity contribution in [3.8, 4) is 0 Å². The van der Waals surface area contributed by atoms with Crippen molar-refractivity contribution in [2.45, 2.75) is 6.42 Å². The van der Waals surface area contributed by atoms with Gasteiger partial charge in [-0.1, -0.05) is 8.67 Å². The maximum Gasteiger partial charge on any atom is 0.425 e. The van der Waals surface area contributed by atoms with E-state index in [1.54, 1.807) is 0 Å². The Kier molecular flexibility index (Phi) is 9.74. The van der Waals surface area contributed by atoms with Gasteiger partial charge in [-0.05, 0) is 27.1 Å². The molecular formula is C5H15NO9S2. The van der Waals surface area contributed by atoms with Crippen LogP contribution in [0, 0.1) is 0 Å². The Bertz CT molecular complexity index is 340. The molecule has 0 atom stereocenters. The lowest BCUT2D eigenvalue weighted by atomic mass is 10.4. The summed E-state index contributed by atoms with van der Waals surface area (Å²) >= 11 is 0. The lowest BCUT2D eigenvalue weighted by Crippen LogP contribution is -2.13. The first kappa shape index (κ1) is 19.0. The van der Waals surface area contributed by atoms with Crippen molar-refractivity contribution in [2.75, 3.05) is 27.2 Å². The lowest BCUT2D eigenvalue weighted by molar-refractivity contribution is -0.105. The molecule has 3 N–H and O–H groups in total. The molecule has 0 aromatic rings. The Balaban J connectivity index is 0. The molecule has 10 nitrogen and oxygen atoms in total. The zero-order chi connectivity index (χ0) is 14.1. The van der Waals surface area contributed by atoms with E-state index < -0.39 is 20.8 Å². The molecule has 0 saturated carbocycles. The maximum atomic E-state index is 9.51. The van der Waals surface area contributed by atoms with Gasteiger partial charge >= 0.3 is 20.8 Å². The fourth-order valence-electron chi connectivity index (χ4n) is 0.457. The maximum absolute atomic E-state index is 9.51. The van der Waals surface area contributed by atoms with Crippen LogP contribution in [-0.4, -0.2) is 63.2 Å². The summed E-state index contributed by atoms with van der Waals surface area (Å²) in [4.78, 5) is 2.05. The van der Waals surface area contributed by atoms with Crippen LogP contribution >= 0.6 is 0 Å². The summed E-state index contributed by atoms with van der Waals surface area (Å²) in [7, 11) is -6.05. The van der Waals surface area contributed by atoms with Gasteiger partial charge in [-0.3, -0.25) is 9.11 Å². The summed E-state index contributed by atoms with van der Waals surface area (Å²) in [6.45, 7) is 1.29. The van der Waals surface area contributed by atoms with E-state index in [0.717, 1.165) is 13.0 Å². The number of rotatable bonds is 6. The van der Waals surface area contributed by atoms with Crippen LogP contribution in [0.15, 0.2) is 0 Å². The third kappa shape index (κ3) is 25.7. The van der Waals surface area contributed by atoms with Crippen LogP contribution in [0.25, 0.3) is 0 Å². The summed E-state index contributed by atoms with van der Waals surface area (Å²) < 4.78 is 58.9. The van der Waals surface area contributed by atoms with Crippen LogP contribution in [0.3, 0.4) is 0 Å². The standard InChI is InChI=1S/C5H13NO.H2O8S2/c1-6(2)4-3-5-7;1-9(2,3)7-8-10(4,5)6/h7H,3-5H2,1-2H3;(H,1,2,3)(H,4,5,6). The second kappa shape index (κ2) is 8.71. The average molecular weight is 297 g/mol. The molecule has 0 rings (SSSR count). The second-order valence-electron chi connectivity index (χ2n) is 2.87. The third-order valence-electron chi connectivity index (χ3n) is 0.963. The highest BCUT2D eigenvalue weighted by atomic mass is 32.3. The molecule has 0 spiro atoms. The fourth-order valence-corrected chi connectivity index (χ4v) is 1.02. The monoisotopic (exact) mass is 297 g/mol. The Morgan fingerprint density at radius 3 is 1.47 bits per heavy atom. The van der Waals surface area contributed by atoms with Crippen LogP contribution in [-0.2, 0) is 29.5 Å². The van der Waals surface area contributed by atoms with Crippen molar-refractivity contribution in [3.63, 3.8) is 0 Å². The smallest absolute Gasteiger partial charge is 0.396 e. The van der Waals surface area contributed by atoms with Gasteiger partial charge in [0.2, 0.25) is 0 Å². The topological polar surface area (TPSA) is 151 Å². The van der Waals surface area contributed by atoms with E-state index in [4.69, 9.17) is 14.2 Å². The normalized spacial score (nSPS) is 12.1. The minimum atomic E-state index is -5.02. The van der Waals surface area contributed by atoms with Crippen LogP contribution < -0.4 is 0 Å². The van der Waals surface area contributed by atoms with Crippen molar-refractivity contribution in [2.24, 2.45) is 0 Å². The van der Waals surface area contributed by atoms with Crippen LogP contribution in [0.2, 0.25) is 0 Å². The predicted molar refractivity (Wildman–Crippen MR) is 55.5 cm³/mol. The van der Waals surface area contributed by atoms with Gasteiger partial charge in [-0.25, -0.2) is 0 Å². The van der Waals surface area contributed by atoms with Gasteiger partial charge in [0.05, 0.1) is 0 Å². The predicted octanol–water partition coefficient (Wildman–Crippen LogP) is -1.53. The van der Waals surface area contributed by atoms with Gasteiger partial charge in [0, 0.05) is 6.61 Å². The summed E-state index contributed by atoms with van der Waals surface area (Å²) in [6.07, 6.45) is 0.882. The molecular weight excluding hydrogens is 282 g/mol. The molecule has 0 radical (unpaired) electrons. The number of aliphatic hydroxyl groups is 1. The SMILES string of the molecule is CN(C)CCCO.O=S(=O)(O)OOS(=O)(=O)O. The molecule has 0 aromatic carbocycles. The average Bonchev–Trinajstić information content (AvgIpc) is 2.10. The number of hydrogen-bond acceptors (Lipinski definition) is 8. The van der Waals surface area contributed by atoms with Crippen LogP contribution in [0.5, 0.6) is 0 Å². The van der Waals surface area contributed by atoms with Gasteiger partial charge in [0.1, 0.15) is 0 Å². The zero-order valence-corrected chi connectivity index (χ0v) is 10.8. The van der Waals surface area contributed by atoms with Gasteiger partial charge < -0.3 is 10.0 Å². The Morgan fingerprint density at radius 2 is 1.35 bits per heavy atom. The van der Waals surface area contributed by atoms with E-state index in [9.17, 15) is 16.8 Å². The van der Waals surface area contributed by atoms with Crippen molar-refractivity contribution in [1.29, 1.82) is 0 Å². The Morgan fingerprint density at radius 1 is 1.00 bits per heavy atom. The summed E-state index contributed by atoms with van der Waals surface area (Å²) in [5.74, 6) is 0. The van der Waals surface area contributed by atoms with Gasteiger partial charge in [-0.15, -0.1) is 0 Å². The number of aliphatic hydroxyl groups excluding tert-OH is 1. The van der Waals surface area contributed by atoms with Crippen LogP contribution in [0.4, 0.5) is 0 Å². The minimum Gasteiger partial charge on any atom is -0.396 e. The van der Waals surface area contributed by atoms with E-state index in [1.165, 1.54) is 0 Å². The molecule has 0 amide bonds. The van der Waals surface area contributed by atoms with Crippen LogP contribution in [0.1, 0.15) is 6.42 Å². The highest BCUT2D eigenvalue weighted by molar-refractivity contribution is 7.83. The first-order chi connectivity index (χ1) is 7.48. The third-order valence-corrected chi connectivity index (χ3v) is 1.53. The summed E-state index contributed by atoms with van der Waals surface area (Å²) in [5.41, 5.74) is 0. The van der Waals surface area contributed by atoms with E-state index >= 15 is 0 Å². The van der Waals surface area contributed by atoms with Crippen molar-refractivity contribution >= 4 is 20.8 Å². The molecule has 0 aliphatic heterocycles. The quantitative estimate of drug-likeness (QED) is 0.299. The lowest BCUT2D eigenvalue weighted by Gasteiger charge is -2.05. The van der Waals surface area contributed by atoms with E-state index in [2.05, 4.69) is 13.6 Å². The molecule has 0 heterocycles. The molecule has 0 unspecified atom stereocenters. The van der Waals surface area contributed by atoms with Gasteiger partial charge in [0.15, 0.2) is 0 Å². The van der Waals surface area contributed by atoms with E-state index in [-0.39, 0.29) is 0 Å². The first-order valence-electron chi connectivity index (χ1n) is 4.06. The summed E-state index contributed by atoms with van der Waals surface area (Å²) in [5, 5.41) is 8.29. The Hall–Kier alpha value is -0.340. The minimum absolute atomic E-state index is 0.304. The Labute approximate surface area is 99.6 Å². The molecule has 0 aromatic heterocycles. The van der Waals surface area contributed by atoms with Gasteiger partial charge in [-0.2, -0.15) is 16.8 Å². The summed E-state index contributed by atoms with van der Waals surface area (Å²) in [6, 6.07) is 0. The number of nitrogens with zero attached hydrogens (tertiary/aromatic N) is 1. The molecule has 0 saturated heterocycles. The number of hydrogen-bond donors (Lipinski definition) is 3. The van der Waals surface area contributed by atoms with Crippen molar-refractivity contribution < 1.29 is 39.7 Å². The molecule has 0 fully saturated rings. The fraction of sp³-hybridized carbons (Fsp3) is 1.00. The highest BCUT2D eigenvalue weighted by Crippen LogP contribution is 1.92. The first-order valence-corrected chi connectivity index (χ1v) is 6.79. The second-order valence-corrected chi connectivity index (χ2v) is 4.86. The van der Waals surface area contributed by atoms with E-state index in [0.29, 0.717) is 6.61 Å². The molecule has 0 aliphatic carbocycles. The molecule has 12 heteroatoms. The molecule has 0 aliphatic rings.